The maximum absolute atomic E-state index is 13.2. The Morgan fingerprint density at radius 1 is 1.11 bits per heavy atom. The van der Waals surface area contributed by atoms with E-state index in [1.165, 1.54) is 21.3 Å². The fraction of sp³-hybridized carbons (Fsp3) is 0.619. The number of anilines is 1. The molecule has 0 spiro atoms. The van der Waals surface area contributed by atoms with Crippen molar-refractivity contribution in [2.75, 3.05) is 33.2 Å². The molecule has 1 aliphatic heterocycles. The molecule has 1 saturated heterocycles. The maximum Gasteiger partial charge on any atom is 0.240 e. The van der Waals surface area contributed by atoms with Crippen LogP contribution in [0.2, 0.25) is 0 Å². The van der Waals surface area contributed by atoms with Crippen LogP contribution in [-0.4, -0.2) is 50.6 Å². The Bertz CT molecular complexity index is 719. The molecule has 7 nitrogen and oxygen atoms in total. The van der Waals surface area contributed by atoms with Gasteiger partial charge in [-0.1, -0.05) is 6.92 Å². The van der Waals surface area contributed by atoms with Crippen molar-refractivity contribution in [3.63, 3.8) is 0 Å². The Hall–Kier alpha value is -2.44. The average Bonchev–Trinajstić information content (AvgIpc) is 3.54. The van der Waals surface area contributed by atoms with Gasteiger partial charge in [0.25, 0.3) is 0 Å². The molecule has 1 saturated carbocycles. The number of nitrogens with one attached hydrogen (secondary N) is 1. The van der Waals surface area contributed by atoms with Gasteiger partial charge in [0, 0.05) is 30.4 Å². The lowest BCUT2D eigenvalue weighted by molar-refractivity contribution is -0.145. The first kappa shape index (κ1) is 20.3. The summed E-state index contributed by atoms with van der Waals surface area (Å²) in [5, 5.41) is 2.90. The summed E-state index contributed by atoms with van der Waals surface area (Å²) in [6.45, 7) is 2.85. The molecule has 7 heteroatoms. The van der Waals surface area contributed by atoms with Gasteiger partial charge in [-0.3, -0.25) is 9.59 Å². The van der Waals surface area contributed by atoms with E-state index in [0.717, 1.165) is 32.2 Å². The summed E-state index contributed by atoms with van der Waals surface area (Å²) in [5.74, 6) is 1.08. The minimum Gasteiger partial charge on any atom is -0.493 e. The van der Waals surface area contributed by atoms with Crippen LogP contribution in [0.1, 0.15) is 45.4 Å². The first-order valence-corrected chi connectivity index (χ1v) is 9.93. The average molecular weight is 390 g/mol. The number of carbonyl (C=O) groups is 2. The summed E-state index contributed by atoms with van der Waals surface area (Å²) in [4.78, 5) is 28.2. The molecule has 28 heavy (non-hydrogen) atoms. The monoisotopic (exact) mass is 390 g/mol. The van der Waals surface area contributed by atoms with Gasteiger partial charge in [0.2, 0.25) is 17.6 Å². The van der Waals surface area contributed by atoms with E-state index in [1.807, 2.05) is 4.90 Å². The van der Waals surface area contributed by atoms with Gasteiger partial charge in [-0.2, -0.15) is 0 Å². The van der Waals surface area contributed by atoms with E-state index in [4.69, 9.17) is 14.2 Å². The lowest BCUT2D eigenvalue weighted by atomic mass is 9.95. The summed E-state index contributed by atoms with van der Waals surface area (Å²) in [5.41, 5.74) is -0.421. The number of nitrogens with zero attached hydrogens (tertiary/aromatic N) is 1. The molecule has 1 N–H and O–H groups in total. The summed E-state index contributed by atoms with van der Waals surface area (Å²) >= 11 is 0. The lowest BCUT2D eigenvalue weighted by Crippen LogP contribution is -2.49. The van der Waals surface area contributed by atoms with Crippen molar-refractivity contribution in [2.24, 2.45) is 5.41 Å². The maximum atomic E-state index is 13.2. The number of methoxy groups -OCH3 is 3. The number of carbonyl (C=O) groups excluding carboxylic acids is 2. The second-order valence-corrected chi connectivity index (χ2v) is 7.51. The van der Waals surface area contributed by atoms with Crippen molar-refractivity contribution >= 4 is 17.5 Å². The molecule has 1 aliphatic carbocycles. The Morgan fingerprint density at radius 3 is 2.25 bits per heavy atom. The third-order valence-corrected chi connectivity index (χ3v) is 5.88. The largest absolute Gasteiger partial charge is 0.493 e. The zero-order valence-corrected chi connectivity index (χ0v) is 17.2. The van der Waals surface area contributed by atoms with Gasteiger partial charge in [-0.25, -0.2) is 0 Å². The number of benzene rings is 1. The van der Waals surface area contributed by atoms with E-state index < -0.39 is 5.41 Å². The minimum atomic E-state index is -0.939. The molecule has 1 heterocycles. The molecular weight excluding hydrogens is 360 g/mol. The first-order chi connectivity index (χ1) is 13.5. The zero-order valence-electron chi connectivity index (χ0n) is 17.2. The van der Waals surface area contributed by atoms with Crippen LogP contribution in [0.15, 0.2) is 12.1 Å². The van der Waals surface area contributed by atoms with E-state index in [-0.39, 0.29) is 17.9 Å². The van der Waals surface area contributed by atoms with Crippen molar-refractivity contribution < 1.29 is 23.8 Å². The highest BCUT2D eigenvalue weighted by molar-refractivity contribution is 6.13. The Labute approximate surface area is 166 Å². The molecule has 1 unspecified atom stereocenters. The second kappa shape index (κ2) is 8.29. The van der Waals surface area contributed by atoms with E-state index in [9.17, 15) is 9.59 Å². The predicted octanol–water partition coefficient (Wildman–Crippen LogP) is 3.22. The third kappa shape index (κ3) is 3.62. The molecular formula is C21H30N2O5. The highest BCUT2D eigenvalue weighted by Gasteiger charge is 2.58. The van der Waals surface area contributed by atoms with E-state index in [2.05, 4.69) is 12.2 Å². The van der Waals surface area contributed by atoms with Crippen LogP contribution in [0.3, 0.4) is 0 Å². The van der Waals surface area contributed by atoms with Crippen molar-refractivity contribution in [3.05, 3.63) is 12.1 Å². The summed E-state index contributed by atoms with van der Waals surface area (Å²) in [7, 11) is 4.57. The van der Waals surface area contributed by atoms with Gasteiger partial charge in [0.1, 0.15) is 5.41 Å². The van der Waals surface area contributed by atoms with Crippen LogP contribution in [0, 0.1) is 5.41 Å². The van der Waals surface area contributed by atoms with Crippen molar-refractivity contribution in [3.8, 4) is 17.2 Å². The first-order valence-electron chi connectivity index (χ1n) is 9.93. The van der Waals surface area contributed by atoms with Gasteiger partial charge in [-0.15, -0.1) is 0 Å². The number of piperidine rings is 1. The van der Waals surface area contributed by atoms with Gasteiger partial charge in [-0.05, 0) is 38.5 Å². The molecule has 0 bridgehead atoms. The van der Waals surface area contributed by atoms with Crippen molar-refractivity contribution in [2.45, 2.75) is 51.5 Å². The smallest absolute Gasteiger partial charge is 0.240 e. The van der Waals surface area contributed by atoms with E-state index in [0.29, 0.717) is 35.8 Å². The summed E-state index contributed by atoms with van der Waals surface area (Å²) in [6, 6.07) is 3.60. The van der Waals surface area contributed by atoms with Crippen LogP contribution in [-0.2, 0) is 9.59 Å². The molecule has 3 rings (SSSR count). The van der Waals surface area contributed by atoms with Crippen LogP contribution in [0.5, 0.6) is 17.2 Å². The highest BCUT2D eigenvalue weighted by Crippen LogP contribution is 2.49. The molecule has 0 radical (unpaired) electrons. The summed E-state index contributed by atoms with van der Waals surface area (Å²) in [6.07, 6.45) is 5.28. The SMILES string of the molecule is CCC1CCCCN1C(=O)C1(C(=O)Nc2cc(OC)c(OC)c(OC)c2)CC1. The number of ether oxygens (including phenoxy) is 3. The Kier molecular flexibility index (Phi) is 6.01. The summed E-state index contributed by atoms with van der Waals surface area (Å²) < 4.78 is 16.0. The van der Waals surface area contributed by atoms with Gasteiger partial charge in [0.05, 0.1) is 21.3 Å². The van der Waals surface area contributed by atoms with Crippen molar-refractivity contribution in [1.29, 1.82) is 0 Å². The van der Waals surface area contributed by atoms with Crippen LogP contribution in [0.4, 0.5) is 5.69 Å². The van der Waals surface area contributed by atoms with Gasteiger partial charge in [0.15, 0.2) is 11.5 Å². The number of amides is 2. The predicted molar refractivity (Wildman–Crippen MR) is 106 cm³/mol. The third-order valence-electron chi connectivity index (χ3n) is 5.88. The topological polar surface area (TPSA) is 77.1 Å². The molecule has 0 aromatic heterocycles. The van der Waals surface area contributed by atoms with E-state index >= 15 is 0 Å². The van der Waals surface area contributed by atoms with Crippen molar-refractivity contribution in [1.82, 2.24) is 4.90 Å². The number of rotatable bonds is 7. The fourth-order valence-corrected chi connectivity index (χ4v) is 4.03. The molecule has 2 aliphatic rings. The standard InChI is InChI=1S/C21H30N2O5/c1-5-15-8-6-7-11-23(15)20(25)21(9-10-21)19(24)22-14-12-16(26-2)18(28-4)17(13-14)27-3/h12-13,15H,5-11H2,1-4H3,(H,22,24). The normalized spacial score (nSPS) is 20.3. The molecule has 1 aromatic carbocycles. The fourth-order valence-electron chi connectivity index (χ4n) is 4.03. The second-order valence-electron chi connectivity index (χ2n) is 7.51. The number of hydrogen-bond donors (Lipinski definition) is 1. The van der Waals surface area contributed by atoms with Gasteiger partial charge < -0.3 is 24.4 Å². The molecule has 2 fully saturated rings. The van der Waals surface area contributed by atoms with Crippen LogP contribution >= 0.6 is 0 Å². The Balaban J connectivity index is 1.80. The van der Waals surface area contributed by atoms with E-state index in [1.54, 1.807) is 12.1 Å². The quantitative estimate of drug-likeness (QED) is 0.724. The molecule has 1 atom stereocenters. The highest BCUT2D eigenvalue weighted by atomic mass is 16.5. The molecule has 1 aromatic rings. The van der Waals surface area contributed by atoms with Crippen LogP contribution < -0.4 is 19.5 Å². The minimum absolute atomic E-state index is 0.0241. The zero-order chi connectivity index (χ0) is 20.3. The Morgan fingerprint density at radius 2 is 1.75 bits per heavy atom. The molecule has 2 amide bonds. The lowest BCUT2D eigenvalue weighted by Gasteiger charge is -2.37. The number of likely N-dealkylation sites (tertiary alicyclic amines) is 1. The molecule has 154 valence electrons. The van der Waals surface area contributed by atoms with Gasteiger partial charge >= 0.3 is 0 Å². The van der Waals surface area contributed by atoms with Crippen LogP contribution in [0.25, 0.3) is 0 Å². The number of hydrogen-bond acceptors (Lipinski definition) is 5.